The van der Waals surface area contributed by atoms with Crippen LogP contribution in [-0.2, 0) is 6.54 Å². The van der Waals surface area contributed by atoms with Crippen molar-refractivity contribution in [3.8, 4) is 0 Å². The highest BCUT2D eigenvalue weighted by Crippen LogP contribution is 2.29. The van der Waals surface area contributed by atoms with Crippen LogP contribution in [-0.4, -0.2) is 33.3 Å². The first-order valence-electron chi connectivity index (χ1n) is 7.17. The summed E-state index contributed by atoms with van der Waals surface area (Å²) in [4.78, 5) is 2.56. The molecular formula is C14H26N4. The van der Waals surface area contributed by atoms with Gasteiger partial charge in [-0.25, -0.2) is 0 Å². The van der Waals surface area contributed by atoms with Gasteiger partial charge in [-0.05, 0) is 40.2 Å². The van der Waals surface area contributed by atoms with Gasteiger partial charge in [0, 0.05) is 36.4 Å². The van der Waals surface area contributed by atoms with Crippen molar-refractivity contribution in [2.24, 2.45) is 5.73 Å². The molecule has 0 saturated carbocycles. The van der Waals surface area contributed by atoms with Crippen LogP contribution in [0.3, 0.4) is 0 Å². The molecule has 0 radical (unpaired) electrons. The molecule has 1 aromatic rings. The summed E-state index contributed by atoms with van der Waals surface area (Å²) in [7, 11) is 0. The number of hydrogen-bond acceptors (Lipinski definition) is 3. The zero-order valence-electron chi connectivity index (χ0n) is 11.8. The summed E-state index contributed by atoms with van der Waals surface area (Å²) in [6.07, 6.45) is 7.99. The molecule has 3 unspecified atom stereocenters. The molecule has 3 atom stereocenters. The number of nitrogens with two attached hydrogens (primary N) is 1. The van der Waals surface area contributed by atoms with Crippen LogP contribution >= 0.6 is 0 Å². The highest BCUT2D eigenvalue weighted by molar-refractivity contribution is 5.10. The monoisotopic (exact) mass is 250 g/mol. The van der Waals surface area contributed by atoms with Gasteiger partial charge < -0.3 is 5.73 Å². The van der Waals surface area contributed by atoms with Crippen molar-refractivity contribution in [3.63, 3.8) is 0 Å². The molecule has 0 aliphatic carbocycles. The Morgan fingerprint density at radius 3 is 2.83 bits per heavy atom. The van der Waals surface area contributed by atoms with E-state index >= 15 is 0 Å². The van der Waals surface area contributed by atoms with Crippen LogP contribution in [0.15, 0.2) is 12.4 Å². The van der Waals surface area contributed by atoms with Gasteiger partial charge in [0.05, 0.1) is 6.20 Å². The number of aromatic nitrogens is 2. The zero-order valence-corrected chi connectivity index (χ0v) is 11.8. The van der Waals surface area contributed by atoms with Crippen LogP contribution in [0.4, 0.5) is 0 Å². The number of hydrogen-bond donors (Lipinski definition) is 1. The highest BCUT2D eigenvalue weighted by Gasteiger charge is 2.29. The average Bonchev–Trinajstić information content (AvgIpc) is 2.86. The Hall–Kier alpha value is -0.870. The molecule has 0 aromatic carbocycles. The summed E-state index contributed by atoms with van der Waals surface area (Å²) < 4.78 is 2.00. The summed E-state index contributed by atoms with van der Waals surface area (Å²) >= 11 is 0. The van der Waals surface area contributed by atoms with Gasteiger partial charge >= 0.3 is 0 Å². The predicted octanol–water partition coefficient (Wildman–Crippen LogP) is 2.17. The fraction of sp³-hybridized carbons (Fsp3) is 0.786. The van der Waals surface area contributed by atoms with Crippen molar-refractivity contribution in [3.05, 3.63) is 18.0 Å². The Morgan fingerprint density at radius 2 is 2.22 bits per heavy atom. The van der Waals surface area contributed by atoms with Gasteiger partial charge in [0.15, 0.2) is 0 Å². The van der Waals surface area contributed by atoms with Crippen LogP contribution in [0.5, 0.6) is 0 Å². The molecular weight excluding hydrogens is 224 g/mol. The quantitative estimate of drug-likeness (QED) is 0.891. The van der Waals surface area contributed by atoms with Gasteiger partial charge in [-0.15, -0.1) is 0 Å². The minimum Gasteiger partial charge on any atom is -0.327 e. The Balaban J connectivity index is 2.12. The Kier molecular flexibility index (Phi) is 4.40. The molecule has 0 amide bonds. The minimum absolute atomic E-state index is 0.244. The lowest BCUT2D eigenvalue weighted by molar-refractivity contribution is 0.0890. The van der Waals surface area contributed by atoms with E-state index in [-0.39, 0.29) is 6.04 Å². The van der Waals surface area contributed by atoms with Crippen molar-refractivity contribution in [2.75, 3.05) is 6.54 Å². The van der Waals surface area contributed by atoms with Gasteiger partial charge in [-0.2, -0.15) is 5.10 Å². The number of rotatable bonds is 4. The average molecular weight is 250 g/mol. The Labute approximate surface area is 110 Å². The smallest absolute Gasteiger partial charge is 0.0537 e. The van der Waals surface area contributed by atoms with Gasteiger partial charge in [0.25, 0.3) is 0 Å². The number of piperidine rings is 1. The molecule has 1 saturated heterocycles. The van der Waals surface area contributed by atoms with Crippen molar-refractivity contribution >= 4 is 0 Å². The van der Waals surface area contributed by atoms with E-state index in [1.165, 1.54) is 24.8 Å². The van der Waals surface area contributed by atoms with Gasteiger partial charge in [-0.1, -0.05) is 6.42 Å². The number of nitrogens with zero attached hydrogens (tertiary/aromatic N) is 3. The summed E-state index contributed by atoms with van der Waals surface area (Å²) in [6.45, 7) is 8.62. The molecule has 1 aromatic heterocycles. The maximum Gasteiger partial charge on any atom is 0.0537 e. The first-order chi connectivity index (χ1) is 8.63. The Morgan fingerprint density at radius 1 is 1.44 bits per heavy atom. The normalized spacial score (nSPS) is 25.0. The van der Waals surface area contributed by atoms with Crippen molar-refractivity contribution in [2.45, 2.75) is 64.7 Å². The van der Waals surface area contributed by atoms with Crippen molar-refractivity contribution in [1.82, 2.24) is 14.7 Å². The van der Waals surface area contributed by atoms with E-state index in [2.05, 4.69) is 37.0 Å². The molecule has 2 heterocycles. The second-order valence-corrected chi connectivity index (χ2v) is 5.47. The lowest BCUT2D eigenvalue weighted by Gasteiger charge is -2.41. The topological polar surface area (TPSA) is 47.1 Å². The third-order valence-electron chi connectivity index (χ3n) is 4.16. The lowest BCUT2D eigenvalue weighted by atomic mass is 9.94. The Bertz CT molecular complexity index is 372. The maximum absolute atomic E-state index is 6.14. The third-order valence-corrected chi connectivity index (χ3v) is 4.16. The molecule has 0 bridgehead atoms. The van der Waals surface area contributed by atoms with E-state index in [0.717, 1.165) is 13.1 Å². The molecule has 2 rings (SSSR count). The van der Waals surface area contributed by atoms with Crippen molar-refractivity contribution < 1.29 is 0 Å². The van der Waals surface area contributed by atoms with Crippen LogP contribution < -0.4 is 5.73 Å². The van der Waals surface area contributed by atoms with E-state index in [9.17, 15) is 0 Å². The molecule has 4 nitrogen and oxygen atoms in total. The van der Waals surface area contributed by atoms with Crippen LogP contribution in [0.2, 0.25) is 0 Å². The van der Waals surface area contributed by atoms with Gasteiger partial charge in [0.2, 0.25) is 0 Å². The minimum atomic E-state index is 0.244. The second kappa shape index (κ2) is 5.85. The third kappa shape index (κ3) is 2.75. The van der Waals surface area contributed by atoms with Gasteiger partial charge in [-0.3, -0.25) is 9.58 Å². The van der Waals surface area contributed by atoms with Crippen LogP contribution in [0.25, 0.3) is 0 Å². The molecule has 2 N–H and O–H groups in total. The molecule has 0 spiro atoms. The fourth-order valence-electron chi connectivity index (χ4n) is 2.98. The van der Waals surface area contributed by atoms with E-state index in [1.54, 1.807) is 0 Å². The van der Waals surface area contributed by atoms with Crippen LogP contribution in [0.1, 0.15) is 51.6 Å². The second-order valence-electron chi connectivity index (χ2n) is 5.47. The molecule has 1 aliphatic rings. The zero-order chi connectivity index (χ0) is 13.1. The summed E-state index contributed by atoms with van der Waals surface area (Å²) in [5.74, 6) is 0. The first-order valence-corrected chi connectivity index (χ1v) is 7.17. The SMILES string of the molecule is CCn1cc(C(C)N2CCCCC2C(C)N)cn1. The van der Waals surface area contributed by atoms with Crippen molar-refractivity contribution in [1.29, 1.82) is 0 Å². The molecule has 1 fully saturated rings. The molecule has 1 aliphatic heterocycles. The highest BCUT2D eigenvalue weighted by atomic mass is 15.3. The molecule has 18 heavy (non-hydrogen) atoms. The summed E-state index contributed by atoms with van der Waals surface area (Å²) in [5.41, 5.74) is 7.45. The summed E-state index contributed by atoms with van der Waals surface area (Å²) in [5, 5.41) is 4.38. The fourth-order valence-corrected chi connectivity index (χ4v) is 2.98. The number of aryl methyl sites for hydroxylation is 1. The van der Waals surface area contributed by atoms with E-state index in [1.807, 2.05) is 10.9 Å². The maximum atomic E-state index is 6.14. The summed E-state index contributed by atoms with van der Waals surface area (Å²) in [6, 6.07) is 1.18. The van der Waals surface area contributed by atoms with E-state index in [0.29, 0.717) is 12.1 Å². The predicted molar refractivity (Wildman–Crippen MR) is 74.3 cm³/mol. The standard InChI is InChI=1S/C14H26N4/c1-4-17-10-13(9-16-17)12(3)18-8-6-5-7-14(18)11(2)15/h9-12,14H,4-8,15H2,1-3H3. The number of likely N-dealkylation sites (tertiary alicyclic amines) is 1. The van der Waals surface area contributed by atoms with Crippen LogP contribution in [0, 0.1) is 0 Å². The van der Waals surface area contributed by atoms with Gasteiger partial charge in [0.1, 0.15) is 0 Å². The largest absolute Gasteiger partial charge is 0.327 e. The molecule has 4 heteroatoms. The first kappa shape index (κ1) is 13.6. The van der Waals surface area contributed by atoms with E-state index in [4.69, 9.17) is 5.73 Å². The molecule has 102 valence electrons. The van der Waals surface area contributed by atoms with E-state index < -0.39 is 0 Å². The lowest BCUT2D eigenvalue weighted by Crippen LogP contribution is -2.49.